The summed E-state index contributed by atoms with van der Waals surface area (Å²) in [5.74, 6) is -8.39. The van der Waals surface area contributed by atoms with Gasteiger partial charge >= 0.3 is 6.03 Å². The number of carbonyl (C=O) groups is 11. The number of hydrogen-bond donors (Lipinski definition) is 5. The van der Waals surface area contributed by atoms with Crippen LogP contribution < -0.4 is 26.4 Å². The van der Waals surface area contributed by atoms with E-state index in [1.54, 1.807) is 68.0 Å². The SMILES string of the molecule is CC[C@H](C)C([C@@H](CC(=O)N1CCC[C@H]1[C@H](OC)[C@@H](C)C(=O)C[C@@H](Cc1ccccc1)C(=O)NS(=O)(=O)c1ccc(NC(=O)[C@H](CCCNC(N)=O)CC(=O)[C@@H](NC(=O)CCOCCOCCOCCN2C(=O)C=CC2=O)C(C)C)cc1)OC)N(C)C(=O)[C@@H](CC(=O)[C@H](C(C)C)N(C)C)C(C)C. The molecule has 27 nitrogen and oxygen atoms in total. The highest BCUT2D eigenvalue weighted by Crippen LogP contribution is 2.33. The largest absolute Gasteiger partial charge is 0.379 e. The molecule has 4 rings (SSSR count). The summed E-state index contributed by atoms with van der Waals surface area (Å²) >= 11 is 0. The zero-order chi connectivity index (χ0) is 75.3. The zero-order valence-corrected chi connectivity index (χ0v) is 62.5. The molecule has 1 saturated heterocycles. The number of nitrogens with one attached hydrogen (secondary N) is 4. The van der Waals surface area contributed by atoms with Gasteiger partial charge < -0.3 is 55.2 Å². The fourth-order valence-corrected chi connectivity index (χ4v) is 14.3. The molecule has 2 aromatic rings. The maximum Gasteiger partial charge on any atom is 0.312 e. The maximum atomic E-state index is 14.7. The van der Waals surface area contributed by atoms with Crippen molar-refractivity contribution >= 4 is 80.4 Å². The van der Waals surface area contributed by atoms with E-state index in [2.05, 4.69) is 20.7 Å². The number of imide groups is 1. The van der Waals surface area contributed by atoms with Crippen LogP contribution in [0.3, 0.4) is 0 Å². The number of hydrogen-bond acceptors (Lipinski definition) is 19. The number of Topliss-reactive ketones (excluding diaryl/α,β-unsaturated/α-hetero) is 3. The normalized spacial score (nSPS) is 17.1. The van der Waals surface area contributed by atoms with Crippen molar-refractivity contribution in [1.82, 2.24) is 35.0 Å². The maximum absolute atomic E-state index is 14.7. The van der Waals surface area contributed by atoms with E-state index in [1.807, 2.05) is 60.5 Å². The molecule has 0 radical (unpaired) electrons. The van der Waals surface area contributed by atoms with E-state index in [9.17, 15) is 61.2 Å². The molecule has 1 unspecified atom stereocenters. The number of benzene rings is 2. The van der Waals surface area contributed by atoms with E-state index in [0.717, 1.165) is 4.90 Å². The second-order valence-corrected chi connectivity index (χ2v) is 29.3. The molecule has 1 fully saturated rings. The molecule has 0 spiro atoms. The van der Waals surface area contributed by atoms with Gasteiger partial charge in [0.25, 0.3) is 21.8 Å². The number of ketones is 3. The van der Waals surface area contributed by atoms with Gasteiger partial charge in [-0.3, -0.25) is 57.7 Å². The number of carbonyl (C=O) groups excluding carboxylic acids is 11. The van der Waals surface area contributed by atoms with E-state index in [1.165, 1.54) is 50.6 Å². The number of likely N-dealkylation sites (tertiary alicyclic amines) is 1. The highest BCUT2D eigenvalue weighted by molar-refractivity contribution is 7.90. The van der Waals surface area contributed by atoms with Gasteiger partial charge in [0.05, 0.1) is 93.9 Å². The molecule has 11 atom stereocenters. The average molecular weight is 1440 g/mol. The second-order valence-electron chi connectivity index (χ2n) is 27.6. The third-order valence-electron chi connectivity index (χ3n) is 19.0. The first-order valence-electron chi connectivity index (χ1n) is 35.3. The van der Waals surface area contributed by atoms with Gasteiger partial charge in [-0.05, 0) is 99.7 Å². The molecular weight excluding hydrogens is 1320 g/mol. The molecule has 9 amide bonds. The molecular formula is C73H113N9O18S. The minimum absolute atomic E-state index is 0.0120. The van der Waals surface area contributed by atoms with E-state index < -0.39 is 106 Å². The van der Waals surface area contributed by atoms with Crippen LogP contribution in [0, 0.1) is 47.3 Å². The lowest BCUT2D eigenvalue weighted by atomic mass is 9.83. The van der Waals surface area contributed by atoms with Crippen LogP contribution in [0.2, 0.25) is 0 Å². The molecule has 2 aliphatic rings. The van der Waals surface area contributed by atoms with Crippen molar-refractivity contribution in [2.45, 2.75) is 174 Å². The van der Waals surface area contributed by atoms with Crippen LogP contribution in [-0.2, 0) is 88.1 Å². The summed E-state index contributed by atoms with van der Waals surface area (Å²) in [5.41, 5.74) is 6.08. The topological polar surface area (TPSA) is 355 Å². The lowest BCUT2D eigenvalue weighted by molar-refractivity contribution is -0.149. The lowest BCUT2D eigenvalue weighted by Gasteiger charge is -2.41. The van der Waals surface area contributed by atoms with E-state index in [0.29, 0.717) is 31.4 Å². The summed E-state index contributed by atoms with van der Waals surface area (Å²) in [6.45, 7) is 18.6. The van der Waals surface area contributed by atoms with Crippen molar-refractivity contribution in [3.05, 3.63) is 72.3 Å². The average Bonchev–Trinajstić information content (AvgIpc) is 1.18. The molecule has 0 aromatic heterocycles. The summed E-state index contributed by atoms with van der Waals surface area (Å²) in [6, 6.07) is 10.6. The number of ether oxygens (including phenoxy) is 5. The molecule has 101 heavy (non-hydrogen) atoms. The number of methoxy groups -OCH3 is 2. The third-order valence-corrected chi connectivity index (χ3v) is 20.3. The third kappa shape index (κ3) is 27.1. The predicted octanol–water partition coefficient (Wildman–Crippen LogP) is 5.52. The first-order chi connectivity index (χ1) is 47.8. The zero-order valence-electron chi connectivity index (χ0n) is 61.7. The number of nitrogens with zero attached hydrogens (tertiary/aromatic N) is 4. The first kappa shape index (κ1) is 86.1. The van der Waals surface area contributed by atoms with Gasteiger partial charge in [-0.15, -0.1) is 0 Å². The Morgan fingerprint density at radius 2 is 1.30 bits per heavy atom. The molecule has 0 bridgehead atoms. The number of urea groups is 1. The molecule has 6 N–H and O–H groups in total. The predicted molar refractivity (Wildman–Crippen MR) is 380 cm³/mol. The smallest absolute Gasteiger partial charge is 0.312 e. The summed E-state index contributed by atoms with van der Waals surface area (Å²) in [7, 11) is 3.80. The van der Waals surface area contributed by atoms with Crippen LogP contribution in [-0.4, -0.2) is 224 Å². The standard InChI is InChI=1S/C73H113N9O18S/c1-15-49(8)68(80(12)72(92)56(46(2)3)44-60(85)67(48(6)7)79(10)11)61(96-13)45-65(89)81-33-20-24-57(81)69(97-14)50(9)58(83)43-53(41-51-21-17-16-18-22-51)71(91)78-101(94,95)55-27-25-54(26-28-55)76-70(90)52(23-19-32-75-73(74)93)42-59(84)66(47(4)5)77-62(86)31-35-98-37-39-100-40-38-99-36-34-82-63(87)29-30-64(82)88/h16-18,21-22,25-30,46-50,52-53,56-57,61,66-69H,15,19-20,23-24,31-45H2,1-14H3,(H,76,90)(H,77,86)(H,78,91)(H3,74,75,93)/t49-,50-,52+,53+,56-,57-,61+,66-,67-,68?,69+/m0/s1. The minimum Gasteiger partial charge on any atom is -0.379 e. The lowest BCUT2D eigenvalue weighted by Crippen LogP contribution is -2.54. The Kier molecular flexibility index (Phi) is 36.6. The van der Waals surface area contributed by atoms with Crippen molar-refractivity contribution in [2.24, 2.45) is 53.1 Å². The number of sulfonamides is 1. The van der Waals surface area contributed by atoms with Crippen molar-refractivity contribution in [1.29, 1.82) is 0 Å². The van der Waals surface area contributed by atoms with Gasteiger partial charge in [-0.2, -0.15) is 0 Å². The van der Waals surface area contributed by atoms with Gasteiger partial charge in [0.2, 0.25) is 29.5 Å². The molecule has 2 heterocycles. The number of nitrogens with two attached hydrogens (primary N) is 1. The summed E-state index contributed by atoms with van der Waals surface area (Å²) < 4.78 is 58.9. The Morgan fingerprint density at radius 1 is 0.693 bits per heavy atom. The van der Waals surface area contributed by atoms with Gasteiger partial charge in [0.15, 0.2) is 11.6 Å². The first-order valence-corrected chi connectivity index (χ1v) is 36.7. The van der Waals surface area contributed by atoms with Gasteiger partial charge in [-0.25, -0.2) is 17.9 Å². The van der Waals surface area contributed by atoms with E-state index in [-0.39, 0.29) is 167 Å². The fraction of sp³-hybridized carbons (Fsp3) is 0.658. The van der Waals surface area contributed by atoms with Crippen LogP contribution in [0.5, 0.6) is 0 Å². The molecule has 0 saturated carbocycles. The number of primary amides is 1. The Hall–Kier alpha value is -7.34. The number of anilines is 1. The van der Waals surface area contributed by atoms with Crippen molar-refractivity contribution < 1.29 is 84.8 Å². The monoisotopic (exact) mass is 1440 g/mol. The second kappa shape index (κ2) is 42.9. The van der Waals surface area contributed by atoms with Gasteiger partial charge in [-0.1, -0.05) is 99.1 Å². The Bertz CT molecular complexity index is 3180. The van der Waals surface area contributed by atoms with Crippen LogP contribution in [0.25, 0.3) is 0 Å². The van der Waals surface area contributed by atoms with Crippen LogP contribution in [0.15, 0.2) is 71.6 Å². The van der Waals surface area contributed by atoms with Crippen molar-refractivity contribution in [3.63, 3.8) is 0 Å². The van der Waals surface area contributed by atoms with Crippen LogP contribution in [0.1, 0.15) is 132 Å². The molecule has 0 aliphatic carbocycles. The van der Waals surface area contributed by atoms with Gasteiger partial charge in [0, 0.05) is 102 Å². The molecule has 28 heteroatoms. The quantitative estimate of drug-likeness (QED) is 0.0402. The van der Waals surface area contributed by atoms with E-state index >= 15 is 0 Å². The summed E-state index contributed by atoms with van der Waals surface area (Å²) in [6.07, 6.45) is 2.13. The van der Waals surface area contributed by atoms with Crippen LogP contribution >= 0.6 is 0 Å². The van der Waals surface area contributed by atoms with Crippen molar-refractivity contribution in [3.8, 4) is 0 Å². The molecule has 564 valence electrons. The van der Waals surface area contributed by atoms with Crippen molar-refractivity contribution in [2.75, 3.05) is 100.0 Å². The summed E-state index contributed by atoms with van der Waals surface area (Å²) in [5, 5.41) is 7.96. The summed E-state index contributed by atoms with van der Waals surface area (Å²) in [4.78, 5) is 154. The molecule has 2 aromatic carbocycles. The highest BCUT2D eigenvalue weighted by atomic mass is 32.2. The highest BCUT2D eigenvalue weighted by Gasteiger charge is 2.44. The van der Waals surface area contributed by atoms with Crippen LogP contribution in [0.4, 0.5) is 10.5 Å². The Labute approximate surface area is 597 Å². The van der Waals surface area contributed by atoms with E-state index in [4.69, 9.17) is 29.4 Å². The fourth-order valence-electron chi connectivity index (χ4n) is 13.3. The number of rotatable bonds is 48. The number of amides is 9. The minimum atomic E-state index is -4.61. The Balaban J connectivity index is 1.41. The van der Waals surface area contributed by atoms with Gasteiger partial charge in [0.1, 0.15) is 5.78 Å². The Morgan fingerprint density at radius 3 is 1.85 bits per heavy atom. The molecule has 2 aliphatic heterocycles. The number of likely N-dealkylation sites (N-methyl/N-ethyl adjacent to an activating group) is 2.